The number of aromatic nitrogens is 1. The van der Waals surface area contributed by atoms with Crippen LogP contribution >= 0.6 is 11.3 Å². The summed E-state index contributed by atoms with van der Waals surface area (Å²) in [6, 6.07) is -0.961. The Bertz CT molecular complexity index is 922. The molecule has 5 atom stereocenters. The number of rotatable bonds is 12. The first kappa shape index (κ1) is 31.2. The van der Waals surface area contributed by atoms with E-state index in [-0.39, 0.29) is 48.4 Å². The summed E-state index contributed by atoms with van der Waals surface area (Å²) in [5.41, 5.74) is -0.468. The summed E-state index contributed by atoms with van der Waals surface area (Å²) >= 11 is 1.20. The van der Waals surface area contributed by atoms with Crippen molar-refractivity contribution < 1.29 is 24.2 Å². The largest absolute Gasteiger partial charge is 0.461 e. The molecular weight excluding hydrogens is 492 g/mol. The zero-order valence-electron chi connectivity index (χ0n) is 23.7. The van der Waals surface area contributed by atoms with Crippen LogP contribution < -0.4 is 5.32 Å². The zero-order valence-corrected chi connectivity index (χ0v) is 24.6. The minimum atomic E-state index is -0.942. The lowest BCUT2D eigenvalue weighted by Crippen LogP contribution is -2.62. The molecule has 2 amide bonds. The summed E-state index contributed by atoms with van der Waals surface area (Å²) in [4.78, 5) is 47.2. The molecular formula is C27H46N4O5S. The maximum Gasteiger partial charge on any atom is 0.357 e. The van der Waals surface area contributed by atoms with Gasteiger partial charge in [0, 0.05) is 24.9 Å². The average molecular weight is 539 g/mol. The molecule has 2 rings (SSSR count). The smallest absolute Gasteiger partial charge is 0.357 e. The molecule has 0 aliphatic carbocycles. The molecule has 210 valence electrons. The molecule has 2 heterocycles. The van der Waals surface area contributed by atoms with E-state index in [4.69, 9.17) is 4.74 Å². The predicted octanol–water partition coefficient (Wildman–Crippen LogP) is 3.63. The molecule has 1 aromatic heterocycles. The van der Waals surface area contributed by atoms with Crippen LogP contribution in [0, 0.1) is 11.8 Å². The lowest BCUT2D eigenvalue weighted by atomic mass is 9.86. The first-order chi connectivity index (χ1) is 17.4. The number of nitrogens with zero attached hydrogens (tertiary/aromatic N) is 3. The van der Waals surface area contributed by atoms with Gasteiger partial charge < -0.3 is 20.1 Å². The number of likely N-dealkylation sites (tertiary alicyclic amines) is 1. The first-order valence-corrected chi connectivity index (χ1v) is 14.3. The van der Waals surface area contributed by atoms with Crippen molar-refractivity contribution in [1.82, 2.24) is 20.1 Å². The van der Waals surface area contributed by atoms with Crippen LogP contribution in [0.2, 0.25) is 0 Å². The molecule has 0 radical (unpaired) electrons. The Morgan fingerprint density at radius 2 is 1.95 bits per heavy atom. The average Bonchev–Trinajstić information content (AvgIpc) is 3.36. The normalized spacial score (nSPS) is 21.7. The van der Waals surface area contributed by atoms with Crippen LogP contribution in [0.3, 0.4) is 0 Å². The van der Waals surface area contributed by atoms with E-state index in [9.17, 15) is 19.5 Å². The lowest BCUT2D eigenvalue weighted by Gasteiger charge is -2.43. The van der Waals surface area contributed by atoms with Crippen molar-refractivity contribution in [3.05, 3.63) is 16.1 Å². The Labute approximate surface area is 226 Å². The highest BCUT2D eigenvalue weighted by Crippen LogP contribution is 2.29. The molecule has 1 aliphatic rings. The number of hydrogen-bond acceptors (Lipinski definition) is 8. The maximum absolute atomic E-state index is 13.8. The third kappa shape index (κ3) is 7.51. The van der Waals surface area contributed by atoms with Crippen LogP contribution in [0.5, 0.6) is 0 Å². The van der Waals surface area contributed by atoms with Crippen molar-refractivity contribution in [3.63, 3.8) is 0 Å². The summed E-state index contributed by atoms with van der Waals surface area (Å²) in [5, 5.41) is 16.0. The highest BCUT2D eigenvalue weighted by molar-refractivity contribution is 7.09. The fourth-order valence-corrected chi connectivity index (χ4v) is 5.64. The molecule has 0 bridgehead atoms. The molecule has 2 N–H and O–H groups in total. The van der Waals surface area contributed by atoms with Crippen molar-refractivity contribution >= 4 is 29.1 Å². The molecule has 0 spiro atoms. The van der Waals surface area contributed by atoms with Gasteiger partial charge in [-0.05, 0) is 58.5 Å². The molecule has 0 unspecified atom stereocenters. The number of ether oxygens (including phenoxy) is 1. The fraction of sp³-hybridized carbons (Fsp3) is 0.778. The van der Waals surface area contributed by atoms with Crippen molar-refractivity contribution in [2.24, 2.45) is 11.8 Å². The van der Waals surface area contributed by atoms with E-state index in [1.165, 1.54) is 11.3 Å². The second-order valence-corrected chi connectivity index (χ2v) is 11.7. The third-order valence-corrected chi connectivity index (χ3v) is 8.82. The van der Waals surface area contributed by atoms with Gasteiger partial charge in [-0.1, -0.05) is 34.1 Å². The number of esters is 1. The predicted molar refractivity (Wildman–Crippen MR) is 145 cm³/mol. The van der Waals surface area contributed by atoms with Gasteiger partial charge in [0.25, 0.3) is 0 Å². The van der Waals surface area contributed by atoms with Crippen LogP contribution in [0.1, 0.15) is 95.2 Å². The molecule has 37 heavy (non-hydrogen) atoms. The summed E-state index contributed by atoms with van der Waals surface area (Å²) in [6.45, 7) is 12.8. The maximum atomic E-state index is 13.8. The van der Waals surface area contributed by atoms with Gasteiger partial charge >= 0.3 is 5.97 Å². The van der Waals surface area contributed by atoms with Crippen LogP contribution in [0.4, 0.5) is 0 Å². The second-order valence-electron chi connectivity index (χ2n) is 10.8. The Hall–Kier alpha value is -2.04. The minimum absolute atomic E-state index is 0.0448. The number of carbonyl (C=O) groups excluding carboxylic acids is 3. The van der Waals surface area contributed by atoms with Gasteiger partial charge in [-0.25, -0.2) is 9.78 Å². The van der Waals surface area contributed by atoms with Crippen LogP contribution in [-0.2, 0) is 14.3 Å². The monoisotopic (exact) mass is 538 g/mol. The molecule has 1 aromatic rings. The Morgan fingerprint density at radius 3 is 2.51 bits per heavy atom. The van der Waals surface area contributed by atoms with E-state index in [0.717, 1.165) is 32.2 Å². The van der Waals surface area contributed by atoms with Gasteiger partial charge in [-0.2, -0.15) is 0 Å². The van der Waals surface area contributed by atoms with Gasteiger partial charge in [-0.3, -0.25) is 14.5 Å². The molecule has 0 aromatic carbocycles. The topological polar surface area (TPSA) is 112 Å². The highest BCUT2D eigenvalue weighted by Gasteiger charge is 2.42. The number of amides is 2. The molecule has 1 aliphatic heterocycles. The van der Waals surface area contributed by atoms with E-state index < -0.39 is 23.7 Å². The van der Waals surface area contributed by atoms with Crippen molar-refractivity contribution in [2.45, 2.75) is 97.4 Å². The summed E-state index contributed by atoms with van der Waals surface area (Å²) in [5.74, 6) is -0.808. The number of aliphatic hydroxyl groups excluding tert-OH is 1. The van der Waals surface area contributed by atoms with E-state index in [2.05, 4.69) is 15.2 Å². The Balaban J connectivity index is 2.19. The first-order valence-electron chi connectivity index (χ1n) is 13.5. The number of thiazole rings is 1. The SMILES string of the molecule is CCOC(=O)c1csc([C@H](O)C[C@H](C(C)C)N(C)C(=O)[C@@H](NC(=O)[C@]2(C)CCCCN2C)[C@@H](C)CC)n1. The molecule has 9 nitrogen and oxygen atoms in total. The summed E-state index contributed by atoms with van der Waals surface area (Å²) in [7, 11) is 3.70. The van der Waals surface area contributed by atoms with Gasteiger partial charge in [0.2, 0.25) is 11.8 Å². The van der Waals surface area contributed by atoms with Crippen LogP contribution in [-0.4, -0.2) is 82.5 Å². The Morgan fingerprint density at radius 1 is 1.27 bits per heavy atom. The number of aliphatic hydroxyl groups is 1. The number of likely N-dealkylation sites (N-methyl/N-ethyl adjacent to an activating group) is 2. The molecule has 0 saturated carbocycles. The van der Waals surface area contributed by atoms with E-state index in [1.807, 2.05) is 41.7 Å². The van der Waals surface area contributed by atoms with E-state index in [1.54, 1.807) is 24.3 Å². The molecule has 1 fully saturated rings. The fourth-order valence-electron chi connectivity index (χ4n) is 4.85. The van der Waals surface area contributed by atoms with Crippen molar-refractivity contribution in [2.75, 3.05) is 27.2 Å². The lowest BCUT2D eigenvalue weighted by molar-refractivity contribution is -0.143. The summed E-state index contributed by atoms with van der Waals surface area (Å²) < 4.78 is 4.99. The van der Waals surface area contributed by atoms with Crippen LogP contribution in [0.15, 0.2) is 5.38 Å². The van der Waals surface area contributed by atoms with Crippen molar-refractivity contribution in [1.29, 1.82) is 0 Å². The van der Waals surface area contributed by atoms with Gasteiger partial charge in [0.1, 0.15) is 17.2 Å². The standard InChI is InChI=1S/C27H46N4O5S/c1-9-18(5)22(29-26(35)27(6)13-11-12-14-30(27)7)24(33)31(8)20(17(3)4)15-21(32)23-28-19(16-37-23)25(34)36-10-2/h16-18,20-22,32H,9-15H2,1-8H3,(H,29,35)/t18-,20+,21+,22-,27-/m0/s1. The number of piperidine rings is 1. The van der Waals surface area contributed by atoms with Gasteiger partial charge in [0.15, 0.2) is 5.69 Å². The zero-order chi connectivity index (χ0) is 27.9. The molecule has 10 heteroatoms. The van der Waals surface area contributed by atoms with Crippen molar-refractivity contribution in [3.8, 4) is 0 Å². The van der Waals surface area contributed by atoms with Crippen LogP contribution in [0.25, 0.3) is 0 Å². The second kappa shape index (κ2) is 13.7. The van der Waals surface area contributed by atoms with E-state index in [0.29, 0.717) is 5.01 Å². The quantitative estimate of drug-likeness (QED) is 0.391. The number of nitrogens with one attached hydrogen (secondary N) is 1. The van der Waals surface area contributed by atoms with Gasteiger partial charge in [-0.15, -0.1) is 11.3 Å². The number of hydrogen-bond donors (Lipinski definition) is 2. The third-order valence-electron chi connectivity index (χ3n) is 7.88. The van der Waals surface area contributed by atoms with Gasteiger partial charge in [0.05, 0.1) is 12.1 Å². The molecule has 1 saturated heterocycles. The Kier molecular flexibility index (Phi) is 11.5. The van der Waals surface area contributed by atoms with E-state index >= 15 is 0 Å². The minimum Gasteiger partial charge on any atom is -0.461 e. The highest BCUT2D eigenvalue weighted by atomic mass is 32.1. The summed E-state index contributed by atoms with van der Waals surface area (Å²) in [6.07, 6.45) is 2.86. The number of carbonyl (C=O) groups is 3.